The molecular formula is C10H12FNOS. The highest BCUT2D eigenvalue weighted by molar-refractivity contribution is 8.00. The van der Waals surface area contributed by atoms with Crippen molar-refractivity contribution in [1.82, 2.24) is 5.32 Å². The zero-order chi connectivity index (χ0) is 10.4. The number of thioether (sulfide) groups is 1. The highest BCUT2D eigenvalue weighted by Gasteiger charge is 2.00. The molecule has 14 heavy (non-hydrogen) atoms. The predicted octanol–water partition coefficient (Wildman–Crippen LogP) is 2.05. The van der Waals surface area contributed by atoms with E-state index in [2.05, 4.69) is 5.32 Å². The SMILES string of the molecule is CCNC(=O)CSc1ccc(F)cc1. The summed E-state index contributed by atoms with van der Waals surface area (Å²) in [5, 5.41) is 2.69. The maximum absolute atomic E-state index is 12.5. The van der Waals surface area contributed by atoms with Gasteiger partial charge >= 0.3 is 0 Å². The van der Waals surface area contributed by atoms with Crippen molar-refractivity contribution in [3.8, 4) is 0 Å². The van der Waals surface area contributed by atoms with Gasteiger partial charge in [0.05, 0.1) is 5.75 Å². The number of benzene rings is 1. The normalized spacial score (nSPS) is 9.86. The summed E-state index contributed by atoms with van der Waals surface area (Å²) in [5.74, 6) is 0.119. The van der Waals surface area contributed by atoms with Crippen molar-refractivity contribution in [2.75, 3.05) is 12.3 Å². The summed E-state index contributed by atoms with van der Waals surface area (Å²) >= 11 is 1.40. The topological polar surface area (TPSA) is 29.1 Å². The summed E-state index contributed by atoms with van der Waals surface area (Å²) in [7, 11) is 0. The van der Waals surface area contributed by atoms with Gasteiger partial charge in [-0.15, -0.1) is 11.8 Å². The first-order chi connectivity index (χ1) is 6.72. The molecule has 0 aromatic heterocycles. The number of amides is 1. The molecule has 76 valence electrons. The van der Waals surface area contributed by atoms with Crippen LogP contribution in [-0.2, 0) is 4.79 Å². The van der Waals surface area contributed by atoms with E-state index in [9.17, 15) is 9.18 Å². The number of halogens is 1. The summed E-state index contributed by atoms with van der Waals surface area (Å²) < 4.78 is 12.5. The van der Waals surface area contributed by atoms with Crippen LogP contribution in [0.15, 0.2) is 29.2 Å². The van der Waals surface area contributed by atoms with Gasteiger partial charge in [-0.25, -0.2) is 4.39 Å². The maximum Gasteiger partial charge on any atom is 0.230 e. The molecule has 0 aliphatic rings. The van der Waals surface area contributed by atoms with Gasteiger partial charge in [0.15, 0.2) is 0 Å². The minimum absolute atomic E-state index is 0.00169. The number of carbonyl (C=O) groups excluding carboxylic acids is 1. The number of carbonyl (C=O) groups is 1. The first kappa shape index (κ1) is 11.0. The lowest BCUT2D eigenvalue weighted by Gasteiger charge is -2.01. The van der Waals surface area contributed by atoms with Gasteiger partial charge in [-0.3, -0.25) is 4.79 Å². The van der Waals surface area contributed by atoms with Gasteiger partial charge in [-0.05, 0) is 31.2 Å². The Hall–Kier alpha value is -1.03. The molecule has 0 saturated heterocycles. The van der Waals surface area contributed by atoms with Crippen LogP contribution in [0.2, 0.25) is 0 Å². The highest BCUT2D eigenvalue weighted by atomic mass is 32.2. The smallest absolute Gasteiger partial charge is 0.230 e. The first-order valence-electron chi connectivity index (χ1n) is 4.37. The van der Waals surface area contributed by atoms with Crippen LogP contribution in [0.5, 0.6) is 0 Å². The average Bonchev–Trinajstić information content (AvgIpc) is 2.17. The van der Waals surface area contributed by atoms with E-state index in [4.69, 9.17) is 0 Å². The zero-order valence-electron chi connectivity index (χ0n) is 7.92. The fourth-order valence-electron chi connectivity index (χ4n) is 0.928. The molecule has 0 heterocycles. The van der Waals surface area contributed by atoms with E-state index in [-0.39, 0.29) is 11.7 Å². The summed E-state index contributed by atoms with van der Waals surface area (Å²) in [6, 6.07) is 6.11. The van der Waals surface area contributed by atoms with Crippen molar-refractivity contribution < 1.29 is 9.18 Å². The van der Waals surface area contributed by atoms with E-state index in [1.807, 2.05) is 6.92 Å². The van der Waals surface area contributed by atoms with Gasteiger partial charge in [-0.2, -0.15) is 0 Å². The van der Waals surface area contributed by atoms with Crippen LogP contribution in [0.4, 0.5) is 4.39 Å². The van der Waals surface area contributed by atoms with Crippen LogP contribution in [0.3, 0.4) is 0 Å². The van der Waals surface area contributed by atoms with Crippen LogP contribution >= 0.6 is 11.8 Å². The maximum atomic E-state index is 12.5. The van der Waals surface area contributed by atoms with Crippen LogP contribution < -0.4 is 5.32 Å². The summed E-state index contributed by atoms with van der Waals surface area (Å²) in [5.41, 5.74) is 0. The third kappa shape index (κ3) is 3.79. The van der Waals surface area contributed by atoms with E-state index in [1.165, 1.54) is 23.9 Å². The molecule has 1 aromatic carbocycles. The quantitative estimate of drug-likeness (QED) is 0.776. The molecule has 0 radical (unpaired) electrons. The van der Waals surface area contributed by atoms with Crippen LogP contribution in [0.1, 0.15) is 6.92 Å². The minimum atomic E-state index is -0.257. The molecule has 0 aliphatic carbocycles. The molecule has 1 aromatic rings. The Morgan fingerprint density at radius 1 is 1.43 bits per heavy atom. The van der Waals surface area contributed by atoms with Crippen LogP contribution in [0, 0.1) is 5.82 Å². The molecule has 2 nitrogen and oxygen atoms in total. The van der Waals surface area contributed by atoms with Crippen molar-refractivity contribution in [1.29, 1.82) is 0 Å². The van der Waals surface area contributed by atoms with Crippen molar-refractivity contribution in [2.24, 2.45) is 0 Å². The van der Waals surface area contributed by atoms with Crippen molar-refractivity contribution in [2.45, 2.75) is 11.8 Å². The molecule has 1 rings (SSSR count). The second kappa shape index (κ2) is 5.65. The Balaban J connectivity index is 2.38. The van der Waals surface area contributed by atoms with Crippen molar-refractivity contribution in [3.63, 3.8) is 0 Å². The molecule has 0 bridgehead atoms. The van der Waals surface area contributed by atoms with E-state index >= 15 is 0 Å². The molecule has 0 aliphatic heterocycles. The number of rotatable bonds is 4. The third-order valence-electron chi connectivity index (χ3n) is 1.56. The van der Waals surface area contributed by atoms with E-state index in [1.54, 1.807) is 12.1 Å². The lowest BCUT2D eigenvalue weighted by Crippen LogP contribution is -2.24. The molecule has 0 fully saturated rings. The average molecular weight is 213 g/mol. The second-order valence-corrected chi connectivity index (χ2v) is 3.74. The Labute approximate surface area is 86.9 Å². The van der Waals surface area contributed by atoms with Crippen LogP contribution in [0.25, 0.3) is 0 Å². The van der Waals surface area contributed by atoms with Gasteiger partial charge in [-0.1, -0.05) is 0 Å². The molecule has 1 N–H and O–H groups in total. The Morgan fingerprint density at radius 2 is 2.07 bits per heavy atom. The molecule has 0 saturated carbocycles. The third-order valence-corrected chi connectivity index (χ3v) is 2.57. The Bertz CT molecular complexity index is 299. The van der Waals surface area contributed by atoms with Crippen LogP contribution in [-0.4, -0.2) is 18.2 Å². The number of hydrogen-bond donors (Lipinski definition) is 1. The zero-order valence-corrected chi connectivity index (χ0v) is 8.73. The molecule has 4 heteroatoms. The van der Waals surface area contributed by atoms with E-state index < -0.39 is 0 Å². The molecule has 1 amide bonds. The predicted molar refractivity (Wildman–Crippen MR) is 55.8 cm³/mol. The Morgan fingerprint density at radius 3 is 2.64 bits per heavy atom. The molecule has 0 spiro atoms. The molecular weight excluding hydrogens is 201 g/mol. The highest BCUT2D eigenvalue weighted by Crippen LogP contribution is 2.17. The monoisotopic (exact) mass is 213 g/mol. The number of nitrogens with one attached hydrogen (secondary N) is 1. The summed E-state index contributed by atoms with van der Waals surface area (Å²) in [6.45, 7) is 2.52. The largest absolute Gasteiger partial charge is 0.356 e. The molecule has 0 unspecified atom stereocenters. The summed E-state index contributed by atoms with van der Waals surface area (Å²) in [4.78, 5) is 12.0. The minimum Gasteiger partial charge on any atom is -0.356 e. The first-order valence-corrected chi connectivity index (χ1v) is 5.36. The van der Waals surface area contributed by atoms with Gasteiger partial charge in [0, 0.05) is 11.4 Å². The fraction of sp³-hybridized carbons (Fsp3) is 0.300. The van der Waals surface area contributed by atoms with Gasteiger partial charge < -0.3 is 5.32 Å². The number of hydrogen-bond acceptors (Lipinski definition) is 2. The lowest BCUT2D eigenvalue weighted by molar-refractivity contribution is -0.118. The second-order valence-electron chi connectivity index (χ2n) is 2.70. The van der Waals surface area contributed by atoms with E-state index in [0.29, 0.717) is 12.3 Å². The summed E-state index contributed by atoms with van der Waals surface area (Å²) in [6.07, 6.45) is 0. The van der Waals surface area contributed by atoms with Gasteiger partial charge in [0.2, 0.25) is 5.91 Å². The standard InChI is InChI=1S/C10H12FNOS/c1-2-12-10(13)7-14-9-5-3-8(11)4-6-9/h3-6H,2,7H2,1H3,(H,12,13). The lowest BCUT2D eigenvalue weighted by atomic mass is 10.4. The van der Waals surface area contributed by atoms with Crippen molar-refractivity contribution in [3.05, 3.63) is 30.1 Å². The van der Waals surface area contributed by atoms with Crippen molar-refractivity contribution >= 4 is 17.7 Å². The molecule has 0 atom stereocenters. The Kier molecular flexibility index (Phi) is 4.46. The van der Waals surface area contributed by atoms with E-state index in [0.717, 1.165) is 4.90 Å². The van der Waals surface area contributed by atoms with Gasteiger partial charge in [0.1, 0.15) is 5.82 Å². The fourth-order valence-corrected chi connectivity index (χ4v) is 1.66. The van der Waals surface area contributed by atoms with Gasteiger partial charge in [0.25, 0.3) is 0 Å².